The first-order valence-corrected chi connectivity index (χ1v) is 10.8. The van der Waals surface area contributed by atoms with Crippen LogP contribution in [0.4, 0.5) is 0 Å². The molecule has 1 N–H and O–H groups in total. The fourth-order valence-corrected chi connectivity index (χ4v) is 3.70. The van der Waals surface area contributed by atoms with E-state index in [2.05, 4.69) is 39.5 Å². The lowest BCUT2D eigenvalue weighted by Crippen LogP contribution is -2.47. The van der Waals surface area contributed by atoms with Crippen LogP contribution in [0.25, 0.3) is 11.3 Å². The number of carbonyl (C=O) groups is 1. The molecule has 0 radical (unpaired) electrons. The molecule has 162 valence electrons. The third-order valence-electron chi connectivity index (χ3n) is 5.45. The standard InChI is InChI=1S/C25H29N3O3/c1-19-7-9-21(10-8-19)23-16-27-25(31-23)12-11-24(29)26-15-22-18-28(13-14-30-22)17-20-5-3-2-4-6-20/h2-10,16,22H,11-15,17-18H2,1H3,(H,26,29). The lowest BCUT2D eigenvalue weighted by molar-refractivity contribution is -0.122. The van der Waals surface area contributed by atoms with Crippen molar-refractivity contribution in [1.82, 2.24) is 15.2 Å². The van der Waals surface area contributed by atoms with Gasteiger partial charge in [-0.05, 0) is 12.5 Å². The van der Waals surface area contributed by atoms with Crippen molar-refractivity contribution < 1.29 is 13.9 Å². The Hall–Kier alpha value is -2.96. The highest BCUT2D eigenvalue weighted by Crippen LogP contribution is 2.21. The third-order valence-corrected chi connectivity index (χ3v) is 5.45. The van der Waals surface area contributed by atoms with Crippen LogP contribution in [0.2, 0.25) is 0 Å². The number of hydrogen-bond acceptors (Lipinski definition) is 5. The third kappa shape index (κ3) is 6.26. The predicted molar refractivity (Wildman–Crippen MR) is 119 cm³/mol. The highest BCUT2D eigenvalue weighted by Gasteiger charge is 2.21. The van der Waals surface area contributed by atoms with Gasteiger partial charge in [-0.25, -0.2) is 4.98 Å². The minimum absolute atomic E-state index is 0.0105. The number of rotatable bonds is 8. The Morgan fingerprint density at radius 3 is 2.77 bits per heavy atom. The summed E-state index contributed by atoms with van der Waals surface area (Å²) in [4.78, 5) is 19.0. The normalized spacial score (nSPS) is 16.9. The van der Waals surface area contributed by atoms with Crippen molar-refractivity contribution in [1.29, 1.82) is 0 Å². The minimum Gasteiger partial charge on any atom is -0.441 e. The van der Waals surface area contributed by atoms with Crippen LogP contribution in [0.15, 0.2) is 65.2 Å². The molecule has 1 saturated heterocycles. The summed E-state index contributed by atoms with van der Waals surface area (Å²) in [6, 6.07) is 18.5. The first kappa shape index (κ1) is 21.3. The zero-order valence-corrected chi connectivity index (χ0v) is 17.9. The highest BCUT2D eigenvalue weighted by atomic mass is 16.5. The van der Waals surface area contributed by atoms with Gasteiger partial charge in [-0.3, -0.25) is 9.69 Å². The average Bonchev–Trinajstić information content (AvgIpc) is 3.27. The van der Waals surface area contributed by atoms with E-state index < -0.39 is 0 Å². The van der Waals surface area contributed by atoms with Crippen molar-refractivity contribution in [3.63, 3.8) is 0 Å². The molecule has 2 aromatic carbocycles. The Kier molecular flexibility index (Phi) is 7.12. The van der Waals surface area contributed by atoms with Crippen LogP contribution in [0.5, 0.6) is 0 Å². The second-order valence-electron chi connectivity index (χ2n) is 8.00. The monoisotopic (exact) mass is 419 g/mol. The Labute approximate surface area is 183 Å². The number of hydrogen-bond donors (Lipinski definition) is 1. The second-order valence-corrected chi connectivity index (χ2v) is 8.00. The Morgan fingerprint density at radius 2 is 1.97 bits per heavy atom. The molecule has 1 unspecified atom stereocenters. The van der Waals surface area contributed by atoms with Gasteiger partial charge in [-0.15, -0.1) is 0 Å². The molecule has 1 atom stereocenters. The van der Waals surface area contributed by atoms with Gasteiger partial charge < -0.3 is 14.5 Å². The molecule has 0 saturated carbocycles. The number of aryl methyl sites for hydroxylation is 2. The van der Waals surface area contributed by atoms with Crippen LogP contribution in [0.3, 0.4) is 0 Å². The van der Waals surface area contributed by atoms with Crippen LogP contribution in [-0.4, -0.2) is 48.1 Å². The van der Waals surface area contributed by atoms with Crippen LogP contribution >= 0.6 is 0 Å². The molecule has 3 aromatic rings. The molecule has 2 heterocycles. The number of benzene rings is 2. The molecule has 4 rings (SSSR count). The van der Waals surface area contributed by atoms with Gasteiger partial charge >= 0.3 is 0 Å². The number of nitrogens with one attached hydrogen (secondary N) is 1. The smallest absolute Gasteiger partial charge is 0.220 e. The Morgan fingerprint density at radius 1 is 1.16 bits per heavy atom. The number of aromatic nitrogens is 1. The first-order valence-electron chi connectivity index (χ1n) is 10.8. The summed E-state index contributed by atoms with van der Waals surface area (Å²) in [5, 5.41) is 2.99. The lowest BCUT2D eigenvalue weighted by Gasteiger charge is -2.33. The van der Waals surface area contributed by atoms with E-state index in [-0.39, 0.29) is 12.0 Å². The first-order chi connectivity index (χ1) is 15.2. The molecule has 6 nitrogen and oxygen atoms in total. The van der Waals surface area contributed by atoms with Gasteiger partial charge in [0.25, 0.3) is 0 Å². The maximum atomic E-state index is 12.3. The fourth-order valence-electron chi connectivity index (χ4n) is 3.70. The molecule has 1 aliphatic rings. The molecule has 1 aliphatic heterocycles. The summed E-state index contributed by atoms with van der Waals surface area (Å²) in [7, 11) is 0. The molecule has 6 heteroatoms. The Balaban J connectivity index is 1.19. The molecule has 1 amide bonds. The molecule has 0 bridgehead atoms. The second kappa shape index (κ2) is 10.4. The van der Waals surface area contributed by atoms with Crippen LogP contribution < -0.4 is 5.32 Å². The molecule has 31 heavy (non-hydrogen) atoms. The Bertz CT molecular complexity index is 969. The SMILES string of the molecule is Cc1ccc(-c2cnc(CCC(=O)NCC3CN(Cc4ccccc4)CCO3)o2)cc1. The van der Waals surface area contributed by atoms with E-state index in [0.717, 1.165) is 31.0 Å². The fraction of sp³-hybridized carbons (Fsp3) is 0.360. The van der Waals surface area contributed by atoms with E-state index in [0.29, 0.717) is 31.9 Å². The molecular weight excluding hydrogens is 390 g/mol. The molecule has 0 spiro atoms. The summed E-state index contributed by atoms with van der Waals surface area (Å²) in [5.41, 5.74) is 3.48. The van der Waals surface area contributed by atoms with Crippen LogP contribution in [0.1, 0.15) is 23.4 Å². The average molecular weight is 420 g/mol. The molecule has 1 aromatic heterocycles. The number of nitrogens with zero attached hydrogens (tertiary/aromatic N) is 2. The van der Waals surface area contributed by atoms with Gasteiger partial charge in [0.2, 0.25) is 5.91 Å². The number of morpholine rings is 1. The van der Waals surface area contributed by atoms with Crippen molar-refractivity contribution in [3.05, 3.63) is 77.8 Å². The molecular formula is C25H29N3O3. The zero-order chi connectivity index (χ0) is 21.5. The van der Waals surface area contributed by atoms with Crippen LogP contribution in [0, 0.1) is 6.92 Å². The van der Waals surface area contributed by atoms with Gasteiger partial charge in [0.1, 0.15) is 0 Å². The van der Waals surface area contributed by atoms with Gasteiger partial charge in [0, 0.05) is 44.6 Å². The summed E-state index contributed by atoms with van der Waals surface area (Å²) >= 11 is 0. The predicted octanol–water partition coefficient (Wildman–Crippen LogP) is 3.60. The number of oxazole rings is 1. The van der Waals surface area contributed by atoms with E-state index in [1.54, 1.807) is 6.20 Å². The summed E-state index contributed by atoms with van der Waals surface area (Å²) < 4.78 is 11.6. The molecule has 0 aliphatic carbocycles. The minimum atomic E-state index is -0.0149. The summed E-state index contributed by atoms with van der Waals surface area (Å²) in [5.74, 6) is 1.29. The van der Waals surface area contributed by atoms with Crippen molar-refractivity contribution in [2.75, 3.05) is 26.2 Å². The number of ether oxygens (including phenoxy) is 1. The number of carbonyl (C=O) groups excluding carboxylic acids is 1. The van der Waals surface area contributed by atoms with Crippen LogP contribution in [-0.2, 0) is 22.5 Å². The van der Waals surface area contributed by atoms with E-state index in [1.807, 2.05) is 37.3 Å². The maximum absolute atomic E-state index is 12.3. The van der Waals surface area contributed by atoms with Crippen molar-refractivity contribution in [2.24, 2.45) is 0 Å². The van der Waals surface area contributed by atoms with E-state index in [1.165, 1.54) is 11.1 Å². The largest absolute Gasteiger partial charge is 0.441 e. The summed E-state index contributed by atoms with van der Waals surface area (Å²) in [6.45, 7) is 5.88. The van der Waals surface area contributed by atoms with E-state index in [4.69, 9.17) is 9.15 Å². The van der Waals surface area contributed by atoms with Crippen molar-refractivity contribution in [3.8, 4) is 11.3 Å². The quantitative estimate of drug-likeness (QED) is 0.604. The van der Waals surface area contributed by atoms with Gasteiger partial charge in [-0.1, -0.05) is 60.2 Å². The van der Waals surface area contributed by atoms with Gasteiger partial charge in [0.15, 0.2) is 11.7 Å². The topological polar surface area (TPSA) is 67.6 Å². The van der Waals surface area contributed by atoms with Gasteiger partial charge in [0.05, 0.1) is 18.9 Å². The lowest BCUT2D eigenvalue weighted by atomic mass is 10.1. The van der Waals surface area contributed by atoms with Gasteiger partial charge in [-0.2, -0.15) is 0 Å². The summed E-state index contributed by atoms with van der Waals surface area (Å²) in [6.07, 6.45) is 2.54. The maximum Gasteiger partial charge on any atom is 0.220 e. The molecule has 1 fully saturated rings. The van der Waals surface area contributed by atoms with Crippen molar-refractivity contribution >= 4 is 5.91 Å². The van der Waals surface area contributed by atoms with E-state index >= 15 is 0 Å². The van der Waals surface area contributed by atoms with Crippen molar-refractivity contribution in [2.45, 2.75) is 32.4 Å². The number of amides is 1. The zero-order valence-electron chi connectivity index (χ0n) is 17.9. The highest BCUT2D eigenvalue weighted by molar-refractivity contribution is 5.76. The van der Waals surface area contributed by atoms with E-state index in [9.17, 15) is 4.79 Å².